The first-order valence-electron chi connectivity index (χ1n) is 9.03. The lowest BCUT2D eigenvalue weighted by Crippen LogP contribution is -2.40. The number of pyridine rings is 1. The summed E-state index contributed by atoms with van der Waals surface area (Å²) in [6.07, 6.45) is -2.84. The van der Waals surface area contributed by atoms with Crippen LogP contribution in [0.15, 0.2) is 18.5 Å². The Morgan fingerprint density at radius 1 is 1.32 bits per heavy atom. The molecule has 2 amide bonds. The normalized spacial score (nSPS) is 18.1. The van der Waals surface area contributed by atoms with Gasteiger partial charge in [-0.3, -0.25) is 0 Å². The topological polar surface area (TPSA) is 72.3 Å². The quantitative estimate of drug-likeness (QED) is 0.557. The Kier molecular flexibility index (Phi) is 5.66. The number of nitrogens with one attached hydrogen (secondary N) is 1. The van der Waals surface area contributed by atoms with Crippen LogP contribution in [0.25, 0.3) is 11.2 Å². The van der Waals surface area contributed by atoms with Crippen molar-refractivity contribution < 1.29 is 22.7 Å². The number of alkyl halides is 3. The van der Waals surface area contributed by atoms with Crippen molar-refractivity contribution >= 4 is 25.3 Å². The maximum atomic E-state index is 12.8. The Bertz CT molecular complexity index is 849. The largest absolute Gasteiger partial charge is 0.410 e. The second-order valence-corrected chi connectivity index (χ2v) is 13.8. The average molecular weight is 415 g/mol. The maximum absolute atomic E-state index is 12.8. The number of aromatic nitrogens is 3. The zero-order valence-electron chi connectivity index (χ0n) is 16.1. The summed E-state index contributed by atoms with van der Waals surface area (Å²) in [4.78, 5) is 21.5. The summed E-state index contributed by atoms with van der Waals surface area (Å²) in [6.45, 7) is 7.47. The third-order valence-electron chi connectivity index (χ3n) is 4.50. The van der Waals surface area contributed by atoms with Gasteiger partial charge in [0.1, 0.15) is 12.8 Å². The molecule has 3 rings (SSSR count). The van der Waals surface area contributed by atoms with Crippen LogP contribution < -0.4 is 5.32 Å². The molecule has 0 bridgehead atoms. The van der Waals surface area contributed by atoms with Gasteiger partial charge in [-0.15, -0.1) is 0 Å². The van der Waals surface area contributed by atoms with Gasteiger partial charge in [0.15, 0.2) is 5.65 Å². The molecule has 0 saturated carbocycles. The molecule has 0 aromatic carbocycles. The zero-order chi connectivity index (χ0) is 20.5. The molecular formula is C17H24F3N5O2Si. The molecule has 28 heavy (non-hydrogen) atoms. The predicted octanol–water partition coefficient (Wildman–Crippen LogP) is 3.20. The van der Waals surface area contributed by atoms with Crippen molar-refractivity contribution in [2.75, 3.05) is 13.2 Å². The lowest BCUT2D eigenvalue weighted by Gasteiger charge is -2.16. The van der Waals surface area contributed by atoms with E-state index in [4.69, 9.17) is 4.74 Å². The number of amides is 2. The molecule has 0 radical (unpaired) electrons. The van der Waals surface area contributed by atoms with E-state index in [1.54, 1.807) is 18.5 Å². The van der Waals surface area contributed by atoms with Crippen LogP contribution in [0.3, 0.4) is 0 Å². The first-order valence-corrected chi connectivity index (χ1v) is 12.7. The molecule has 1 aliphatic heterocycles. The monoisotopic (exact) mass is 415 g/mol. The molecule has 1 N–H and O–H groups in total. The molecule has 2 aromatic rings. The van der Waals surface area contributed by atoms with Crippen molar-refractivity contribution in [3.8, 4) is 0 Å². The summed E-state index contributed by atoms with van der Waals surface area (Å²) in [7, 11) is -1.15. The van der Waals surface area contributed by atoms with E-state index in [1.165, 1.54) is 0 Å². The minimum atomic E-state index is -4.46. The molecule has 0 spiro atoms. The van der Waals surface area contributed by atoms with Crippen LogP contribution in [0, 0.1) is 0 Å². The summed E-state index contributed by atoms with van der Waals surface area (Å²) in [5.41, 5.74) is 1.73. The van der Waals surface area contributed by atoms with Crippen LogP contribution in [0.1, 0.15) is 5.69 Å². The Labute approximate surface area is 161 Å². The van der Waals surface area contributed by atoms with Crippen molar-refractivity contribution in [1.82, 2.24) is 24.8 Å². The number of rotatable bonds is 7. The fourth-order valence-corrected chi connectivity index (χ4v) is 3.58. The molecule has 1 atom stereocenters. The summed E-state index contributed by atoms with van der Waals surface area (Å²) in [5.74, 6) is 0. The number of imidazole rings is 1. The minimum Gasteiger partial charge on any atom is -0.361 e. The number of ether oxygens (including phenoxy) is 1. The highest BCUT2D eigenvalue weighted by Gasteiger charge is 2.46. The summed E-state index contributed by atoms with van der Waals surface area (Å²) >= 11 is 0. The number of halogens is 3. The van der Waals surface area contributed by atoms with Gasteiger partial charge in [0.25, 0.3) is 0 Å². The number of carbonyl (C=O) groups excluding carboxylic acids is 1. The van der Waals surface area contributed by atoms with Crippen LogP contribution >= 0.6 is 0 Å². The minimum absolute atomic E-state index is 0.00603. The fourth-order valence-electron chi connectivity index (χ4n) is 2.82. The molecule has 7 nitrogen and oxygen atoms in total. The van der Waals surface area contributed by atoms with E-state index in [0.29, 0.717) is 24.7 Å². The highest BCUT2D eigenvalue weighted by atomic mass is 28.3. The number of urea groups is 1. The van der Waals surface area contributed by atoms with Crippen LogP contribution in [0.4, 0.5) is 18.0 Å². The van der Waals surface area contributed by atoms with Gasteiger partial charge in [0.2, 0.25) is 0 Å². The van der Waals surface area contributed by atoms with E-state index >= 15 is 0 Å². The van der Waals surface area contributed by atoms with Crippen LogP contribution in [0.2, 0.25) is 25.7 Å². The summed E-state index contributed by atoms with van der Waals surface area (Å²) in [6, 6.07) is 1.96. The third-order valence-corrected chi connectivity index (χ3v) is 6.21. The molecular weight excluding hydrogens is 391 g/mol. The highest BCUT2D eigenvalue weighted by molar-refractivity contribution is 6.76. The molecule has 1 fully saturated rings. The van der Waals surface area contributed by atoms with Gasteiger partial charge in [-0.2, -0.15) is 13.2 Å². The van der Waals surface area contributed by atoms with E-state index in [1.807, 2.05) is 9.88 Å². The van der Waals surface area contributed by atoms with E-state index in [0.717, 1.165) is 16.5 Å². The molecule has 1 saturated heterocycles. The number of carbonyl (C=O) groups is 1. The van der Waals surface area contributed by atoms with Gasteiger partial charge in [0.05, 0.1) is 30.6 Å². The molecule has 3 heterocycles. The van der Waals surface area contributed by atoms with Crippen molar-refractivity contribution in [1.29, 1.82) is 0 Å². The molecule has 11 heteroatoms. The second-order valence-electron chi connectivity index (χ2n) is 8.13. The highest BCUT2D eigenvalue weighted by Crippen LogP contribution is 2.25. The van der Waals surface area contributed by atoms with Crippen LogP contribution in [-0.2, 0) is 18.0 Å². The Hall–Kier alpha value is -2.14. The van der Waals surface area contributed by atoms with Crippen molar-refractivity contribution in [2.24, 2.45) is 0 Å². The van der Waals surface area contributed by atoms with Crippen LogP contribution in [0.5, 0.6) is 0 Å². The number of fused-ring (bicyclic) bond motifs is 1. The molecule has 1 aliphatic rings. The van der Waals surface area contributed by atoms with Gasteiger partial charge in [-0.05, 0) is 18.2 Å². The molecule has 0 aliphatic carbocycles. The van der Waals surface area contributed by atoms with Crippen molar-refractivity contribution in [3.05, 3.63) is 24.2 Å². The first-order chi connectivity index (χ1) is 13.0. The van der Waals surface area contributed by atoms with Gasteiger partial charge in [-0.25, -0.2) is 14.8 Å². The maximum Gasteiger partial charge on any atom is 0.410 e. The van der Waals surface area contributed by atoms with Gasteiger partial charge >= 0.3 is 12.2 Å². The van der Waals surface area contributed by atoms with E-state index in [9.17, 15) is 18.0 Å². The Morgan fingerprint density at radius 2 is 2.07 bits per heavy atom. The van der Waals surface area contributed by atoms with Crippen molar-refractivity contribution in [3.63, 3.8) is 0 Å². The zero-order valence-corrected chi connectivity index (χ0v) is 17.1. The first kappa shape index (κ1) is 20.6. The SMILES string of the molecule is C[Si](C)(C)CCOCn1cnc2nc(CN3CC(C(F)(F)F)NC3=O)ccc21. The van der Waals surface area contributed by atoms with Gasteiger partial charge < -0.3 is 19.5 Å². The van der Waals surface area contributed by atoms with Gasteiger partial charge in [-0.1, -0.05) is 19.6 Å². The predicted molar refractivity (Wildman–Crippen MR) is 100 cm³/mol. The van der Waals surface area contributed by atoms with Gasteiger partial charge in [0, 0.05) is 14.7 Å². The lowest BCUT2D eigenvalue weighted by atomic mass is 10.3. The fraction of sp³-hybridized carbons (Fsp3) is 0.588. The molecule has 1 unspecified atom stereocenters. The summed E-state index contributed by atoms with van der Waals surface area (Å²) in [5, 5.41) is 1.95. The Morgan fingerprint density at radius 3 is 2.71 bits per heavy atom. The Balaban J connectivity index is 1.62. The van der Waals surface area contributed by atoms with E-state index in [2.05, 4.69) is 29.6 Å². The second kappa shape index (κ2) is 7.70. The summed E-state index contributed by atoms with van der Waals surface area (Å²) < 4.78 is 45.9. The third kappa shape index (κ3) is 5.01. The average Bonchev–Trinajstić information content (AvgIpc) is 3.14. The molecule has 2 aromatic heterocycles. The lowest BCUT2D eigenvalue weighted by molar-refractivity contribution is -0.149. The van der Waals surface area contributed by atoms with Crippen LogP contribution in [-0.4, -0.2) is 58.9 Å². The van der Waals surface area contributed by atoms with E-state index in [-0.39, 0.29) is 6.54 Å². The number of nitrogens with zero attached hydrogens (tertiary/aromatic N) is 4. The molecule has 154 valence electrons. The van der Waals surface area contributed by atoms with Crippen molar-refractivity contribution in [2.45, 2.75) is 51.2 Å². The standard InChI is InChI=1S/C17H24F3N5O2Si/c1-28(2,3)7-6-27-11-25-10-21-15-13(25)5-4-12(22-15)8-24-9-14(17(18,19)20)23-16(24)26/h4-5,10,14H,6-9,11H2,1-3H3,(H,23,26). The smallest absolute Gasteiger partial charge is 0.361 e. The van der Waals surface area contributed by atoms with E-state index < -0.39 is 32.9 Å². The number of hydrogen-bond acceptors (Lipinski definition) is 4. The number of hydrogen-bond donors (Lipinski definition) is 1.